The third kappa shape index (κ3) is 9.03. The number of nitrogens with one attached hydrogen (secondary N) is 2. The van der Waals surface area contributed by atoms with Gasteiger partial charge in [-0.25, -0.2) is 9.59 Å². The predicted octanol–water partition coefficient (Wildman–Crippen LogP) is 5.19. The summed E-state index contributed by atoms with van der Waals surface area (Å²) in [5.74, 6) is -2.30. The van der Waals surface area contributed by atoms with Gasteiger partial charge in [-0.15, -0.1) is 26.3 Å². The first-order valence-electron chi connectivity index (χ1n) is 12.4. The van der Waals surface area contributed by atoms with E-state index in [-0.39, 0.29) is 24.2 Å². The molecule has 14 heteroatoms. The van der Waals surface area contributed by atoms with E-state index >= 15 is 0 Å². The van der Waals surface area contributed by atoms with Crippen LogP contribution < -0.4 is 20.1 Å². The van der Waals surface area contributed by atoms with Crippen molar-refractivity contribution in [2.75, 3.05) is 13.2 Å². The lowest BCUT2D eigenvalue weighted by atomic mass is 9.77. The Balaban J connectivity index is 2.22. The number of ether oxygens (including phenoxy) is 3. The van der Waals surface area contributed by atoms with E-state index in [4.69, 9.17) is 4.74 Å². The van der Waals surface area contributed by atoms with Gasteiger partial charge in [-0.2, -0.15) is 0 Å². The lowest BCUT2D eigenvalue weighted by molar-refractivity contribution is -0.275. The number of hydrogen-bond acceptors (Lipinski definition) is 6. The molecule has 2 amide bonds. The fraction of sp³-hybridized carbons (Fsp3) is 0.286. The maximum absolute atomic E-state index is 13.3. The first-order chi connectivity index (χ1) is 19.7. The molecular weight excluding hydrogens is 574 g/mol. The highest BCUT2D eigenvalue weighted by Crippen LogP contribution is 2.38. The molecule has 0 heterocycles. The Kier molecular flexibility index (Phi) is 10.3. The zero-order chi connectivity index (χ0) is 31.0. The Hall–Kier alpha value is -4.46. The third-order valence-electron chi connectivity index (χ3n) is 5.82. The molecular formula is C28H26F6N2O6. The molecule has 0 bridgehead atoms. The second-order valence-electron chi connectivity index (χ2n) is 8.80. The summed E-state index contributed by atoms with van der Waals surface area (Å²) in [5, 5.41) is 14.5. The van der Waals surface area contributed by atoms with Crippen LogP contribution in [-0.2, 0) is 21.5 Å². The molecule has 0 aliphatic heterocycles. The summed E-state index contributed by atoms with van der Waals surface area (Å²) in [5.41, 5.74) is -1.41. The molecule has 0 saturated carbocycles. The fourth-order valence-electron chi connectivity index (χ4n) is 4.19. The van der Waals surface area contributed by atoms with Crippen molar-refractivity contribution in [2.24, 2.45) is 0 Å². The molecule has 8 nitrogen and oxygen atoms in total. The average molecular weight is 601 g/mol. The summed E-state index contributed by atoms with van der Waals surface area (Å²) in [6.07, 6.45) is -10.3. The van der Waals surface area contributed by atoms with Crippen molar-refractivity contribution in [2.45, 2.75) is 37.7 Å². The molecule has 0 aromatic heterocycles. The third-order valence-corrected chi connectivity index (χ3v) is 5.82. The van der Waals surface area contributed by atoms with Gasteiger partial charge in [0.1, 0.15) is 11.5 Å². The van der Waals surface area contributed by atoms with Crippen molar-refractivity contribution < 1.29 is 55.2 Å². The van der Waals surface area contributed by atoms with Gasteiger partial charge in [0.2, 0.25) is 0 Å². The molecule has 3 N–H and O–H groups in total. The maximum atomic E-state index is 13.3. The minimum atomic E-state index is -5.07. The highest BCUT2D eigenvalue weighted by atomic mass is 19.4. The first kappa shape index (κ1) is 32.1. The van der Waals surface area contributed by atoms with E-state index in [1.165, 1.54) is 31.2 Å². The van der Waals surface area contributed by atoms with Crippen LogP contribution in [0.5, 0.6) is 11.5 Å². The summed E-state index contributed by atoms with van der Waals surface area (Å²) >= 11 is 0. The number of rotatable bonds is 11. The molecule has 0 unspecified atom stereocenters. The molecule has 3 aromatic carbocycles. The summed E-state index contributed by atoms with van der Waals surface area (Å²) in [7, 11) is 0. The van der Waals surface area contributed by atoms with Crippen molar-refractivity contribution >= 4 is 12.0 Å². The van der Waals surface area contributed by atoms with Gasteiger partial charge >= 0.3 is 24.7 Å². The molecule has 226 valence electrons. The van der Waals surface area contributed by atoms with Crippen LogP contribution >= 0.6 is 0 Å². The molecule has 0 aliphatic rings. The fourth-order valence-corrected chi connectivity index (χ4v) is 4.19. The Morgan fingerprint density at radius 1 is 0.810 bits per heavy atom. The van der Waals surface area contributed by atoms with E-state index in [1.807, 2.05) is 0 Å². The molecule has 0 spiro atoms. The van der Waals surface area contributed by atoms with E-state index in [0.29, 0.717) is 5.56 Å². The number of halogens is 6. The van der Waals surface area contributed by atoms with Crippen molar-refractivity contribution in [1.29, 1.82) is 0 Å². The predicted molar refractivity (Wildman–Crippen MR) is 136 cm³/mol. The second-order valence-corrected chi connectivity index (χ2v) is 8.80. The minimum absolute atomic E-state index is 0.0240. The molecule has 42 heavy (non-hydrogen) atoms. The van der Waals surface area contributed by atoms with Crippen LogP contribution in [0.25, 0.3) is 0 Å². The zero-order valence-corrected chi connectivity index (χ0v) is 22.0. The van der Waals surface area contributed by atoms with Crippen molar-refractivity contribution in [1.82, 2.24) is 10.6 Å². The van der Waals surface area contributed by atoms with Crippen molar-refractivity contribution in [3.05, 3.63) is 95.6 Å². The van der Waals surface area contributed by atoms with E-state index in [9.17, 15) is 41.0 Å². The number of urea groups is 1. The van der Waals surface area contributed by atoms with Crippen LogP contribution in [0.3, 0.4) is 0 Å². The smallest absolute Gasteiger partial charge is 0.464 e. The highest BCUT2D eigenvalue weighted by molar-refractivity contribution is 5.84. The Labute approximate surface area is 236 Å². The Morgan fingerprint density at radius 2 is 1.33 bits per heavy atom. The van der Waals surface area contributed by atoms with E-state index in [0.717, 1.165) is 24.3 Å². The summed E-state index contributed by atoms with van der Waals surface area (Å²) in [4.78, 5) is 25.5. The maximum Gasteiger partial charge on any atom is 0.573 e. The number of carbonyl (C=O) groups is 2. The number of hydrogen-bond donors (Lipinski definition) is 3. The number of amides is 2. The topological polar surface area (TPSA) is 106 Å². The molecule has 3 aromatic rings. The quantitative estimate of drug-likeness (QED) is 0.207. The van der Waals surface area contributed by atoms with Gasteiger partial charge in [-0.3, -0.25) is 0 Å². The standard InChI is InChI=1S/C28H26F6N2O6/c1-2-40-24(38)23(17-37)35-25(39)36-26(16-18-8-4-3-5-9-18,19-10-6-12-21(14-19)41-27(29,30)31)20-11-7-13-22(15-20)42-28(32,33)34/h3-15,23,37H,2,16-17H2,1H3,(H2,35,36,39)/t23-/m0/s1. The molecule has 1 atom stereocenters. The number of alkyl halides is 6. The lowest BCUT2D eigenvalue weighted by Crippen LogP contribution is -2.56. The molecule has 0 fully saturated rings. The summed E-state index contributed by atoms with van der Waals surface area (Å²) in [6, 6.07) is 14.7. The second kappa shape index (κ2) is 13.5. The van der Waals surface area contributed by atoms with Crippen LogP contribution in [0, 0.1) is 0 Å². The Morgan fingerprint density at radius 3 is 1.79 bits per heavy atom. The molecule has 0 radical (unpaired) electrons. The van der Waals surface area contributed by atoms with E-state index in [1.54, 1.807) is 30.3 Å². The molecule has 3 rings (SSSR count). The Bertz CT molecular complexity index is 1290. The number of aliphatic hydroxyl groups excluding tert-OH is 1. The van der Waals surface area contributed by atoms with Gasteiger partial charge < -0.3 is 30.0 Å². The normalized spacial score (nSPS) is 12.7. The monoisotopic (exact) mass is 600 g/mol. The summed E-state index contributed by atoms with van der Waals surface area (Å²) in [6.45, 7) is 0.583. The van der Waals surface area contributed by atoms with Crippen LogP contribution in [0.15, 0.2) is 78.9 Å². The SMILES string of the molecule is CCOC(=O)[C@H](CO)NC(=O)NC(Cc1ccccc1)(c1cccc(OC(F)(F)F)c1)c1cccc(OC(F)(F)F)c1. The first-order valence-corrected chi connectivity index (χ1v) is 12.4. The largest absolute Gasteiger partial charge is 0.573 e. The number of carbonyl (C=O) groups excluding carboxylic acids is 2. The van der Waals surface area contributed by atoms with E-state index < -0.39 is 54.4 Å². The van der Waals surface area contributed by atoms with Gasteiger partial charge in [0.05, 0.1) is 18.8 Å². The van der Waals surface area contributed by atoms with Gasteiger partial charge in [0.15, 0.2) is 6.04 Å². The number of benzene rings is 3. The number of esters is 1. The van der Waals surface area contributed by atoms with Gasteiger partial charge in [-0.1, -0.05) is 54.6 Å². The number of aliphatic hydroxyl groups is 1. The molecule has 0 saturated heterocycles. The van der Waals surface area contributed by atoms with Crippen LogP contribution in [0.4, 0.5) is 31.1 Å². The zero-order valence-electron chi connectivity index (χ0n) is 22.0. The van der Waals surface area contributed by atoms with Crippen LogP contribution in [0.2, 0.25) is 0 Å². The summed E-state index contributed by atoms with van der Waals surface area (Å²) < 4.78 is 91.5. The van der Waals surface area contributed by atoms with Crippen LogP contribution in [0.1, 0.15) is 23.6 Å². The van der Waals surface area contributed by atoms with Crippen LogP contribution in [-0.4, -0.2) is 49.1 Å². The highest BCUT2D eigenvalue weighted by Gasteiger charge is 2.40. The van der Waals surface area contributed by atoms with Crippen molar-refractivity contribution in [3.63, 3.8) is 0 Å². The minimum Gasteiger partial charge on any atom is -0.464 e. The van der Waals surface area contributed by atoms with Gasteiger partial charge in [-0.05, 0) is 47.9 Å². The van der Waals surface area contributed by atoms with Gasteiger partial charge in [0, 0.05) is 6.42 Å². The van der Waals surface area contributed by atoms with Gasteiger partial charge in [0.25, 0.3) is 0 Å². The van der Waals surface area contributed by atoms with E-state index in [2.05, 4.69) is 20.1 Å². The molecule has 0 aliphatic carbocycles. The average Bonchev–Trinajstić information content (AvgIpc) is 2.90. The van der Waals surface area contributed by atoms with Crippen molar-refractivity contribution in [3.8, 4) is 11.5 Å². The lowest BCUT2D eigenvalue weighted by Gasteiger charge is -2.37.